The Balaban J connectivity index is 2.31. The lowest BCUT2D eigenvalue weighted by Gasteiger charge is -2.39. The predicted octanol–water partition coefficient (Wildman–Crippen LogP) is 1.61. The molecule has 1 aromatic rings. The molecular formula is C13H16N4O2. The van der Waals surface area contributed by atoms with Crippen molar-refractivity contribution in [2.75, 3.05) is 31.6 Å². The Kier molecular flexibility index (Phi) is 3.67. The third-order valence-corrected chi connectivity index (χ3v) is 3.46. The largest absolute Gasteiger partial charge is 0.366 e. The van der Waals surface area contributed by atoms with Crippen molar-refractivity contribution in [1.29, 1.82) is 5.26 Å². The van der Waals surface area contributed by atoms with E-state index in [0.29, 0.717) is 6.04 Å². The summed E-state index contributed by atoms with van der Waals surface area (Å²) in [7, 11) is 2.07. The fraction of sp³-hybridized carbons (Fsp3) is 0.462. The van der Waals surface area contributed by atoms with Gasteiger partial charge in [0.2, 0.25) is 0 Å². The number of nitriles is 1. The van der Waals surface area contributed by atoms with E-state index >= 15 is 0 Å². The van der Waals surface area contributed by atoms with E-state index in [1.165, 1.54) is 6.07 Å². The van der Waals surface area contributed by atoms with Gasteiger partial charge in [0.25, 0.3) is 5.69 Å². The second-order valence-corrected chi connectivity index (χ2v) is 4.88. The first-order valence-electron chi connectivity index (χ1n) is 6.16. The van der Waals surface area contributed by atoms with Gasteiger partial charge >= 0.3 is 0 Å². The van der Waals surface area contributed by atoms with Crippen molar-refractivity contribution in [1.82, 2.24) is 4.90 Å². The molecule has 1 aliphatic rings. The number of benzene rings is 1. The molecule has 1 aromatic carbocycles. The maximum absolute atomic E-state index is 10.8. The van der Waals surface area contributed by atoms with Crippen LogP contribution in [0.15, 0.2) is 18.2 Å². The first-order valence-corrected chi connectivity index (χ1v) is 6.16. The molecule has 6 heteroatoms. The van der Waals surface area contributed by atoms with Crippen LogP contribution in [0.1, 0.15) is 12.5 Å². The number of hydrogen-bond acceptors (Lipinski definition) is 5. The van der Waals surface area contributed by atoms with Crippen LogP contribution in [0.2, 0.25) is 0 Å². The third kappa shape index (κ3) is 2.66. The van der Waals surface area contributed by atoms with Crippen molar-refractivity contribution >= 4 is 11.4 Å². The monoisotopic (exact) mass is 260 g/mol. The molecule has 0 radical (unpaired) electrons. The Bertz CT molecular complexity index is 538. The Morgan fingerprint density at radius 1 is 1.47 bits per heavy atom. The zero-order chi connectivity index (χ0) is 14.0. The van der Waals surface area contributed by atoms with E-state index in [0.717, 1.165) is 25.3 Å². The Morgan fingerprint density at radius 2 is 2.21 bits per heavy atom. The number of anilines is 1. The molecule has 1 atom stereocenters. The number of hydrogen-bond donors (Lipinski definition) is 0. The molecule has 6 nitrogen and oxygen atoms in total. The predicted molar refractivity (Wildman–Crippen MR) is 72.1 cm³/mol. The number of nitro benzene ring substituents is 1. The molecule has 0 N–H and O–H groups in total. The first-order chi connectivity index (χ1) is 9.02. The number of rotatable bonds is 2. The van der Waals surface area contributed by atoms with Crippen molar-refractivity contribution in [2.45, 2.75) is 13.0 Å². The summed E-state index contributed by atoms with van der Waals surface area (Å²) in [5.41, 5.74) is 0.865. The van der Waals surface area contributed by atoms with Gasteiger partial charge in [0.1, 0.15) is 11.6 Å². The van der Waals surface area contributed by atoms with Crippen molar-refractivity contribution in [3.8, 4) is 6.07 Å². The van der Waals surface area contributed by atoms with Crippen LogP contribution in [0.4, 0.5) is 11.4 Å². The van der Waals surface area contributed by atoms with Crippen molar-refractivity contribution in [2.24, 2.45) is 0 Å². The lowest BCUT2D eigenvalue weighted by Crippen LogP contribution is -2.50. The lowest BCUT2D eigenvalue weighted by atomic mass is 10.1. The fourth-order valence-corrected chi connectivity index (χ4v) is 2.47. The van der Waals surface area contributed by atoms with Crippen LogP contribution in [0.25, 0.3) is 0 Å². The highest BCUT2D eigenvalue weighted by molar-refractivity contribution is 5.60. The summed E-state index contributed by atoms with van der Waals surface area (Å²) in [4.78, 5) is 14.7. The molecule has 1 unspecified atom stereocenters. The zero-order valence-corrected chi connectivity index (χ0v) is 11.0. The molecule has 100 valence electrons. The summed E-state index contributed by atoms with van der Waals surface area (Å²) in [6.07, 6.45) is 0. The molecule has 0 spiro atoms. The molecule has 1 fully saturated rings. The summed E-state index contributed by atoms with van der Waals surface area (Å²) in [6, 6.07) is 6.98. The molecule has 0 aliphatic carbocycles. The van der Waals surface area contributed by atoms with Crippen molar-refractivity contribution < 1.29 is 4.92 Å². The normalized spacial score (nSPS) is 20.1. The third-order valence-electron chi connectivity index (χ3n) is 3.46. The topological polar surface area (TPSA) is 73.4 Å². The van der Waals surface area contributed by atoms with E-state index in [-0.39, 0.29) is 11.3 Å². The first kappa shape index (κ1) is 13.3. The molecule has 0 bridgehead atoms. The Hall–Kier alpha value is -2.13. The van der Waals surface area contributed by atoms with E-state index in [1.54, 1.807) is 12.1 Å². The molecule has 1 saturated heterocycles. The molecular weight excluding hydrogens is 244 g/mol. The van der Waals surface area contributed by atoms with Gasteiger partial charge in [0.05, 0.1) is 4.92 Å². The molecule has 1 aliphatic heterocycles. The highest BCUT2D eigenvalue weighted by atomic mass is 16.6. The second kappa shape index (κ2) is 5.24. The minimum Gasteiger partial charge on any atom is -0.366 e. The highest BCUT2D eigenvalue weighted by Crippen LogP contribution is 2.26. The van der Waals surface area contributed by atoms with Crippen LogP contribution in [0.3, 0.4) is 0 Å². The quantitative estimate of drug-likeness (QED) is 0.596. The van der Waals surface area contributed by atoms with E-state index in [2.05, 4.69) is 23.8 Å². The summed E-state index contributed by atoms with van der Waals surface area (Å²) >= 11 is 0. The highest BCUT2D eigenvalue weighted by Gasteiger charge is 2.23. The number of piperazine rings is 1. The summed E-state index contributed by atoms with van der Waals surface area (Å²) in [6.45, 7) is 4.87. The number of nitrogens with zero attached hydrogens (tertiary/aromatic N) is 4. The van der Waals surface area contributed by atoms with Gasteiger partial charge in [0, 0.05) is 37.4 Å². The number of likely N-dealkylation sites (N-methyl/N-ethyl adjacent to an activating group) is 1. The van der Waals surface area contributed by atoms with Crippen LogP contribution < -0.4 is 4.90 Å². The minimum absolute atomic E-state index is 0.119. The lowest BCUT2D eigenvalue weighted by molar-refractivity contribution is -0.385. The Morgan fingerprint density at radius 3 is 2.79 bits per heavy atom. The number of nitro groups is 1. The molecule has 0 saturated carbocycles. The fourth-order valence-electron chi connectivity index (χ4n) is 2.47. The average molecular weight is 260 g/mol. The minimum atomic E-state index is -0.518. The van der Waals surface area contributed by atoms with Gasteiger partial charge in [-0.2, -0.15) is 5.26 Å². The van der Waals surface area contributed by atoms with Crippen LogP contribution in [0, 0.1) is 21.4 Å². The van der Waals surface area contributed by atoms with E-state index < -0.39 is 4.92 Å². The zero-order valence-electron chi connectivity index (χ0n) is 11.0. The maximum atomic E-state index is 10.8. The van der Waals surface area contributed by atoms with Crippen LogP contribution in [0.5, 0.6) is 0 Å². The SMILES string of the molecule is CC1CN(C)CCN1c1ccc([N+](=O)[O-])c(C#N)c1. The standard InChI is InChI=1S/C13H16N4O2/c1-10-9-15(2)5-6-16(10)12-3-4-13(17(18)19)11(7-12)8-14/h3-4,7,10H,5-6,9H2,1-2H3. The average Bonchev–Trinajstić information content (AvgIpc) is 2.37. The smallest absolute Gasteiger partial charge is 0.287 e. The van der Waals surface area contributed by atoms with E-state index in [1.807, 2.05) is 6.07 Å². The maximum Gasteiger partial charge on any atom is 0.287 e. The van der Waals surface area contributed by atoms with Crippen LogP contribution >= 0.6 is 0 Å². The van der Waals surface area contributed by atoms with Gasteiger partial charge in [-0.15, -0.1) is 0 Å². The molecule has 0 amide bonds. The van der Waals surface area contributed by atoms with Gasteiger partial charge in [-0.05, 0) is 26.1 Å². The van der Waals surface area contributed by atoms with E-state index in [9.17, 15) is 10.1 Å². The summed E-state index contributed by atoms with van der Waals surface area (Å²) in [5.74, 6) is 0. The van der Waals surface area contributed by atoms with Crippen LogP contribution in [-0.2, 0) is 0 Å². The Labute approximate surface area is 112 Å². The van der Waals surface area contributed by atoms with Gasteiger partial charge in [0.15, 0.2) is 0 Å². The molecule has 2 rings (SSSR count). The molecule has 0 aromatic heterocycles. The van der Waals surface area contributed by atoms with Gasteiger partial charge in [-0.3, -0.25) is 10.1 Å². The van der Waals surface area contributed by atoms with Gasteiger partial charge in [-0.25, -0.2) is 0 Å². The van der Waals surface area contributed by atoms with Crippen molar-refractivity contribution in [3.63, 3.8) is 0 Å². The van der Waals surface area contributed by atoms with E-state index in [4.69, 9.17) is 5.26 Å². The summed E-state index contributed by atoms with van der Waals surface area (Å²) in [5, 5.41) is 19.8. The summed E-state index contributed by atoms with van der Waals surface area (Å²) < 4.78 is 0. The van der Waals surface area contributed by atoms with Gasteiger partial charge in [-0.1, -0.05) is 0 Å². The molecule has 1 heterocycles. The van der Waals surface area contributed by atoms with Crippen LogP contribution in [-0.4, -0.2) is 42.5 Å². The molecule has 19 heavy (non-hydrogen) atoms. The second-order valence-electron chi connectivity index (χ2n) is 4.88. The van der Waals surface area contributed by atoms with Gasteiger partial charge < -0.3 is 9.80 Å². The van der Waals surface area contributed by atoms with Crippen molar-refractivity contribution in [3.05, 3.63) is 33.9 Å².